The van der Waals surface area contributed by atoms with E-state index in [1.165, 1.54) is 0 Å². The van der Waals surface area contributed by atoms with Crippen molar-refractivity contribution in [2.24, 2.45) is 11.3 Å². The second kappa shape index (κ2) is 4.48. The lowest BCUT2D eigenvalue weighted by Gasteiger charge is -2.18. The minimum atomic E-state index is -1.33. The van der Waals surface area contributed by atoms with E-state index < -0.39 is 16.7 Å². The highest BCUT2D eigenvalue weighted by atomic mass is 14.8. The van der Waals surface area contributed by atoms with Crippen LogP contribution < -0.4 is 0 Å². The lowest BCUT2D eigenvalue weighted by atomic mass is 9.81. The third kappa shape index (κ3) is 1.40. The van der Waals surface area contributed by atoms with Gasteiger partial charge in [-0.1, -0.05) is 60.7 Å². The smallest absolute Gasteiger partial charge is 0.175 e. The summed E-state index contributed by atoms with van der Waals surface area (Å²) in [6.07, 6.45) is 0. The second-order valence-corrected chi connectivity index (χ2v) is 5.13. The molecule has 0 aromatic heterocycles. The standard InChI is InChI=1S/C18H11N3/c19-11-16-17(12-20,13-21)18(16,14-7-3-1-4-8-14)15-9-5-2-6-10-15/h1-10,16H. The molecule has 1 aliphatic carbocycles. The van der Waals surface area contributed by atoms with Gasteiger partial charge >= 0.3 is 0 Å². The minimum Gasteiger partial charge on any atom is -0.198 e. The zero-order chi connectivity index (χ0) is 14.9. The molecule has 2 aromatic rings. The van der Waals surface area contributed by atoms with Gasteiger partial charge in [-0.25, -0.2) is 0 Å². The summed E-state index contributed by atoms with van der Waals surface area (Å²) in [7, 11) is 0. The third-order valence-electron chi connectivity index (χ3n) is 4.34. The second-order valence-electron chi connectivity index (χ2n) is 5.13. The Morgan fingerprint density at radius 3 is 1.43 bits per heavy atom. The van der Waals surface area contributed by atoms with Gasteiger partial charge in [-0.3, -0.25) is 0 Å². The number of benzene rings is 2. The number of hydrogen-bond acceptors (Lipinski definition) is 3. The van der Waals surface area contributed by atoms with E-state index in [2.05, 4.69) is 18.2 Å². The van der Waals surface area contributed by atoms with Gasteiger partial charge in [0.1, 0.15) is 0 Å². The molecule has 0 saturated heterocycles. The predicted molar refractivity (Wildman–Crippen MR) is 76.4 cm³/mol. The molecule has 1 fully saturated rings. The van der Waals surface area contributed by atoms with E-state index >= 15 is 0 Å². The number of nitriles is 3. The van der Waals surface area contributed by atoms with Gasteiger partial charge in [0.05, 0.1) is 29.5 Å². The normalized spacial score (nSPS) is 20.5. The molecule has 3 rings (SSSR count). The molecule has 1 atom stereocenters. The molecule has 0 amide bonds. The van der Waals surface area contributed by atoms with Crippen LogP contribution in [0.2, 0.25) is 0 Å². The Labute approximate surface area is 123 Å². The van der Waals surface area contributed by atoms with E-state index in [4.69, 9.17) is 0 Å². The van der Waals surface area contributed by atoms with Gasteiger partial charge in [0.15, 0.2) is 5.41 Å². The summed E-state index contributed by atoms with van der Waals surface area (Å²) in [6, 6.07) is 25.2. The van der Waals surface area contributed by atoms with Crippen LogP contribution in [-0.4, -0.2) is 0 Å². The lowest BCUT2D eigenvalue weighted by molar-refractivity contribution is 0.706. The summed E-state index contributed by atoms with van der Waals surface area (Å²) in [4.78, 5) is 0. The van der Waals surface area contributed by atoms with Crippen molar-refractivity contribution in [2.75, 3.05) is 0 Å². The molecule has 1 saturated carbocycles. The van der Waals surface area contributed by atoms with Crippen LogP contribution in [0.25, 0.3) is 0 Å². The van der Waals surface area contributed by atoms with Crippen LogP contribution in [0.3, 0.4) is 0 Å². The van der Waals surface area contributed by atoms with E-state index in [1.807, 2.05) is 60.7 Å². The van der Waals surface area contributed by atoms with Crippen molar-refractivity contribution in [1.29, 1.82) is 15.8 Å². The molecule has 98 valence electrons. The van der Waals surface area contributed by atoms with E-state index in [9.17, 15) is 15.8 Å². The van der Waals surface area contributed by atoms with Gasteiger partial charge in [-0.05, 0) is 11.1 Å². The van der Waals surface area contributed by atoms with Gasteiger partial charge < -0.3 is 0 Å². The van der Waals surface area contributed by atoms with Crippen molar-refractivity contribution >= 4 is 0 Å². The highest BCUT2D eigenvalue weighted by Gasteiger charge is 2.81. The molecule has 1 aliphatic rings. The van der Waals surface area contributed by atoms with Crippen LogP contribution in [0.4, 0.5) is 0 Å². The van der Waals surface area contributed by atoms with E-state index in [-0.39, 0.29) is 0 Å². The molecule has 0 bridgehead atoms. The van der Waals surface area contributed by atoms with Crippen molar-refractivity contribution in [1.82, 2.24) is 0 Å². The highest BCUT2D eigenvalue weighted by Crippen LogP contribution is 2.72. The van der Waals surface area contributed by atoms with Crippen LogP contribution in [0.15, 0.2) is 60.7 Å². The molecule has 1 unspecified atom stereocenters. The fourth-order valence-electron chi connectivity index (χ4n) is 3.36. The summed E-state index contributed by atoms with van der Waals surface area (Å²) in [6.45, 7) is 0. The van der Waals surface area contributed by atoms with E-state index in [1.54, 1.807) is 0 Å². The summed E-state index contributed by atoms with van der Waals surface area (Å²) < 4.78 is 0. The molecular weight excluding hydrogens is 258 g/mol. The van der Waals surface area contributed by atoms with Gasteiger partial charge in [-0.15, -0.1) is 0 Å². The Bertz CT molecular complexity index is 735. The Morgan fingerprint density at radius 2 is 1.14 bits per heavy atom. The molecule has 3 nitrogen and oxygen atoms in total. The molecule has 3 heteroatoms. The number of nitrogens with zero attached hydrogens (tertiary/aromatic N) is 3. The zero-order valence-electron chi connectivity index (χ0n) is 11.2. The average molecular weight is 269 g/mol. The van der Waals surface area contributed by atoms with Crippen molar-refractivity contribution in [3.8, 4) is 18.2 Å². The molecule has 0 spiro atoms. The largest absolute Gasteiger partial charge is 0.198 e. The Kier molecular flexibility index (Phi) is 2.76. The topological polar surface area (TPSA) is 71.4 Å². The van der Waals surface area contributed by atoms with Crippen LogP contribution in [0.1, 0.15) is 11.1 Å². The minimum absolute atomic E-state index is 0.662. The lowest BCUT2D eigenvalue weighted by Crippen LogP contribution is -2.18. The molecule has 21 heavy (non-hydrogen) atoms. The van der Waals surface area contributed by atoms with Crippen LogP contribution in [0, 0.1) is 45.3 Å². The maximum Gasteiger partial charge on any atom is 0.175 e. The first-order chi connectivity index (χ1) is 10.3. The molecule has 0 aliphatic heterocycles. The van der Waals surface area contributed by atoms with Gasteiger partial charge in [0.2, 0.25) is 0 Å². The molecule has 2 aromatic carbocycles. The molecule has 0 radical (unpaired) electrons. The summed E-state index contributed by atoms with van der Waals surface area (Å²) in [5, 5.41) is 28.7. The van der Waals surface area contributed by atoms with E-state index in [0.717, 1.165) is 11.1 Å². The van der Waals surface area contributed by atoms with Crippen LogP contribution in [0.5, 0.6) is 0 Å². The quantitative estimate of drug-likeness (QED) is 0.840. The van der Waals surface area contributed by atoms with Crippen molar-refractivity contribution in [3.05, 3.63) is 71.8 Å². The predicted octanol–water partition coefficient (Wildman–Crippen LogP) is 3.16. The first-order valence-electron chi connectivity index (χ1n) is 6.61. The van der Waals surface area contributed by atoms with Crippen LogP contribution in [-0.2, 0) is 5.41 Å². The zero-order valence-corrected chi connectivity index (χ0v) is 11.2. The monoisotopic (exact) mass is 269 g/mol. The molecule has 0 heterocycles. The first-order valence-corrected chi connectivity index (χ1v) is 6.61. The number of rotatable bonds is 2. The van der Waals surface area contributed by atoms with Gasteiger partial charge in [0.25, 0.3) is 0 Å². The Morgan fingerprint density at radius 1 is 0.714 bits per heavy atom. The van der Waals surface area contributed by atoms with Crippen molar-refractivity contribution in [3.63, 3.8) is 0 Å². The van der Waals surface area contributed by atoms with Crippen LogP contribution >= 0.6 is 0 Å². The molecule has 0 N–H and O–H groups in total. The fourth-order valence-corrected chi connectivity index (χ4v) is 3.36. The maximum atomic E-state index is 9.59. The summed E-state index contributed by atoms with van der Waals surface area (Å²) in [5.41, 5.74) is -0.519. The summed E-state index contributed by atoms with van der Waals surface area (Å²) in [5.74, 6) is -0.662. The Hall–Kier alpha value is -3.09. The first kappa shape index (κ1) is 12.9. The van der Waals surface area contributed by atoms with Crippen molar-refractivity contribution < 1.29 is 0 Å². The Balaban J connectivity index is 2.33. The molecular formula is C18H11N3. The summed E-state index contributed by atoms with van der Waals surface area (Å²) >= 11 is 0. The average Bonchev–Trinajstić information content (AvgIpc) is 3.20. The third-order valence-corrected chi connectivity index (χ3v) is 4.34. The van der Waals surface area contributed by atoms with Crippen molar-refractivity contribution in [2.45, 2.75) is 5.41 Å². The maximum absolute atomic E-state index is 9.59. The fraction of sp³-hybridized carbons (Fsp3) is 0.167. The highest BCUT2D eigenvalue weighted by molar-refractivity contribution is 5.63. The SMILES string of the molecule is N#CC1C(C#N)(C#N)C1(c1ccccc1)c1ccccc1. The number of hydrogen-bond donors (Lipinski definition) is 0. The van der Waals surface area contributed by atoms with Gasteiger partial charge in [0, 0.05) is 0 Å². The van der Waals surface area contributed by atoms with E-state index in [0.29, 0.717) is 0 Å². The van der Waals surface area contributed by atoms with Gasteiger partial charge in [-0.2, -0.15) is 15.8 Å².